The first-order valence-corrected chi connectivity index (χ1v) is 7.82. The van der Waals surface area contributed by atoms with E-state index in [1.807, 2.05) is 0 Å². The maximum absolute atomic E-state index is 12.0. The lowest BCUT2D eigenvalue weighted by Crippen LogP contribution is -2.15. The van der Waals surface area contributed by atoms with Crippen LogP contribution in [0.3, 0.4) is 0 Å². The standard InChI is InChI=1S/C17H20N2O4/c1-10-2-4-13(23-10)5-7-16(20)18-12-3-6-14-11(8-12)9-15(19-14)17(21)22/h3,6,8-10,13,19H,2,4-5,7H2,1H3,(H,18,20)(H,21,22). The number of aromatic carboxylic acids is 1. The second-order valence-electron chi connectivity index (χ2n) is 6.02. The van der Waals surface area contributed by atoms with Crippen molar-refractivity contribution in [3.8, 4) is 0 Å². The first kappa shape index (κ1) is 15.6. The molecule has 6 heteroatoms. The summed E-state index contributed by atoms with van der Waals surface area (Å²) in [6.45, 7) is 2.05. The van der Waals surface area contributed by atoms with Crippen LogP contribution in [-0.2, 0) is 9.53 Å². The number of anilines is 1. The molecule has 122 valence electrons. The van der Waals surface area contributed by atoms with E-state index in [9.17, 15) is 9.59 Å². The summed E-state index contributed by atoms with van der Waals surface area (Å²) < 4.78 is 5.70. The molecule has 2 aromatic rings. The summed E-state index contributed by atoms with van der Waals surface area (Å²) in [5, 5.41) is 12.6. The molecule has 2 heterocycles. The fraction of sp³-hybridized carbons (Fsp3) is 0.412. The van der Waals surface area contributed by atoms with Gasteiger partial charge in [-0.3, -0.25) is 4.79 Å². The average molecular weight is 316 g/mol. The number of rotatable bonds is 5. The van der Waals surface area contributed by atoms with Gasteiger partial charge >= 0.3 is 5.97 Å². The summed E-state index contributed by atoms with van der Waals surface area (Å²) >= 11 is 0. The van der Waals surface area contributed by atoms with E-state index in [1.165, 1.54) is 0 Å². The number of fused-ring (bicyclic) bond motifs is 1. The molecule has 2 atom stereocenters. The Balaban J connectivity index is 1.59. The highest BCUT2D eigenvalue weighted by Crippen LogP contribution is 2.23. The molecule has 1 aliphatic rings. The van der Waals surface area contributed by atoms with Gasteiger partial charge in [-0.2, -0.15) is 0 Å². The Kier molecular flexibility index (Phi) is 4.34. The number of aromatic amines is 1. The van der Waals surface area contributed by atoms with E-state index in [4.69, 9.17) is 9.84 Å². The molecular formula is C17H20N2O4. The van der Waals surface area contributed by atoms with Gasteiger partial charge in [-0.05, 0) is 50.5 Å². The highest BCUT2D eigenvalue weighted by molar-refractivity contribution is 5.97. The van der Waals surface area contributed by atoms with Crippen molar-refractivity contribution in [2.45, 2.75) is 44.8 Å². The van der Waals surface area contributed by atoms with Crippen molar-refractivity contribution < 1.29 is 19.4 Å². The van der Waals surface area contributed by atoms with Gasteiger partial charge in [-0.15, -0.1) is 0 Å². The summed E-state index contributed by atoms with van der Waals surface area (Å²) in [4.78, 5) is 25.8. The van der Waals surface area contributed by atoms with Crippen molar-refractivity contribution in [1.29, 1.82) is 0 Å². The fourth-order valence-electron chi connectivity index (χ4n) is 2.94. The minimum Gasteiger partial charge on any atom is -0.477 e. The van der Waals surface area contributed by atoms with Crippen LogP contribution < -0.4 is 5.32 Å². The lowest BCUT2D eigenvalue weighted by Gasteiger charge is -2.11. The number of benzene rings is 1. The van der Waals surface area contributed by atoms with Crippen molar-refractivity contribution >= 4 is 28.5 Å². The number of carbonyl (C=O) groups excluding carboxylic acids is 1. The first-order chi connectivity index (χ1) is 11.0. The second kappa shape index (κ2) is 6.42. The largest absolute Gasteiger partial charge is 0.477 e. The van der Waals surface area contributed by atoms with Gasteiger partial charge in [-0.25, -0.2) is 4.79 Å². The number of nitrogens with one attached hydrogen (secondary N) is 2. The number of amides is 1. The molecule has 0 saturated carbocycles. The Hall–Kier alpha value is -2.34. The van der Waals surface area contributed by atoms with Crippen LogP contribution in [-0.4, -0.2) is 34.2 Å². The second-order valence-corrected chi connectivity index (χ2v) is 6.02. The molecular weight excluding hydrogens is 296 g/mol. The quantitative estimate of drug-likeness (QED) is 0.790. The summed E-state index contributed by atoms with van der Waals surface area (Å²) in [5.74, 6) is -1.06. The summed E-state index contributed by atoms with van der Waals surface area (Å²) in [6, 6.07) is 6.85. The Labute approximate surface area is 133 Å². The van der Waals surface area contributed by atoms with E-state index in [-0.39, 0.29) is 17.7 Å². The number of hydrogen-bond donors (Lipinski definition) is 3. The Morgan fingerprint density at radius 1 is 1.35 bits per heavy atom. The van der Waals surface area contributed by atoms with Crippen molar-refractivity contribution in [3.63, 3.8) is 0 Å². The zero-order valence-electron chi connectivity index (χ0n) is 13.0. The molecule has 1 fully saturated rings. The first-order valence-electron chi connectivity index (χ1n) is 7.82. The van der Waals surface area contributed by atoms with Gasteiger partial charge in [0.2, 0.25) is 5.91 Å². The Bertz CT molecular complexity index is 737. The lowest BCUT2D eigenvalue weighted by atomic mass is 10.1. The molecule has 6 nitrogen and oxygen atoms in total. The molecule has 2 unspecified atom stereocenters. The molecule has 1 aromatic heterocycles. The third kappa shape index (κ3) is 3.71. The van der Waals surface area contributed by atoms with Crippen LogP contribution in [0.5, 0.6) is 0 Å². The molecule has 0 bridgehead atoms. The van der Waals surface area contributed by atoms with Crippen molar-refractivity contribution in [2.24, 2.45) is 0 Å². The van der Waals surface area contributed by atoms with Crippen LogP contribution in [0.2, 0.25) is 0 Å². The van der Waals surface area contributed by atoms with Gasteiger partial charge < -0.3 is 20.1 Å². The van der Waals surface area contributed by atoms with E-state index in [0.717, 1.165) is 30.2 Å². The molecule has 1 amide bonds. The van der Waals surface area contributed by atoms with E-state index in [1.54, 1.807) is 24.3 Å². The van der Waals surface area contributed by atoms with Gasteiger partial charge in [-0.1, -0.05) is 0 Å². The zero-order valence-corrected chi connectivity index (χ0v) is 13.0. The van der Waals surface area contributed by atoms with Gasteiger partial charge in [0.05, 0.1) is 12.2 Å². The normalized spacial score (nSPS) is 20.7. The summed E-state index contributed by atoms with van der Waals surface area (Å²) in [5.41, 5.74) is 1.53. The number of carboxylic acids is 1. The van der Waals surface area contributed by atoms with Crippen LogP contribution >= 0.6 is 0 Å². The molecule has 3 rings (SSSR count). The van der Waals surface area contributed by atoms with Crippen LogP contribution in [0.1, 0.15) is 43.1 Å². The topological polar surface area (TPSA) is 91.4 Å². The predicted molar refractivity (Wildman–Crippen MR) is 86.7 cm³/mol. The fourth-order valence-corrected chi connectivity index (χ4v) is 2.94. The average Bonchev–Trinajstić information content (AvgIpc) is 3.10. The monoisotopic (exact) mass is 316 g/mol. The third-order valence-corrected chi connectivity index (χ3v) is 4.15. The molecule has 0 spiro atoms. The third-order valence-electron chi connectivity index (χ3n) is 4.15. The minimum absolute atomic E-state index is 0.0542. The number of carboxylic acid groups (broad SMARTS) is 1. The molecule has 23 heavy (non-hydrogen) atoms. The maximum Gasteiger partial charge on any atom is 0.352 e. The van der Waals surface area contributed by atoms with Crippen molar-refractivity contribution in [3.05, 3.63) is 30.0 Å². The molecule has 3 N–H and O–H groups in total. The molecule has 0 aliphatic carbocycles. The van der Waals surface area contributed by atoms with Gasteiger partial charge in [0, 0.05) is 23.0 Å². The number of aromatic nitrogens is 1. The Morgan fingerprint density at radius 3 is 2.87 bits per heavy atom. The highest BCUT2D eigenvalue weighted by Gasteiger charge is 2.22. The molecule has 1 saturated heterocycles. The minimum atomic E-state index is -1.00. The number of H-pyrrole nitrogens is 1. The van der Waals surface area contributed by atoms with Gasteiger partial charge in [0.25, 0.3) is 0 Å². The molecule has 1 aliphatic heterocycles. The SMILES string of the molecule is CC1CCC(CCC(=O)Nc2ccc3[nH]c(C(=O)O)cc3c2)O1. The van der Waals surface area contributed by atoms with Crippen molar-refractivity contribution in [2.75, 3.05) is 5.32 Å². The van der Waals surface area contributed by atoms with Crippen LogP contribution in [0.25, 0.3) is 10.9 Å². The van der Waals surface area contributed by atoms with Gasteiger partial charge in [0.15, 0.2) is 0 Å². The lowest BCUT2D eigenvalue weighted by molar-refractivity contribution is -0.116. The van der Waals surface area contributed by atoms with Crippen LogP contribution in [0.15, 0.2) is 24.3 Å². The van der Waals surface area contributed by atoms with Crippen LogP contribution in [0.4, 0.5) is 5.69 Å². The molecule has 1 aromatic carbocycles. The van der Waals surface area contributed by atoms with E-state index in [2.05, 4.69) is 17.2 Å². The van der Waals surface area contributed by atoms with Crippen molar-refractivity contribution in [1.82, 2.24) is 4.98 Å². The maximum atomic E-state index is 12.0. The number of ether oxygens (including phenoxy) is 1. The summed E-state index contributed by atoms with van der Waals surface area (Å²) in [7, 11) is 0. The van der Waals surface area contributed by atoms with E-state index in [0.29, 0.717) is 18.2 Å². The molecule has 0 radical (unpaired) electrons. The number of carbonyl (C=O) groups is 2. The predicted octanol–water partition coefficient (Wildman–Crippen LogP) is 3.15. The summed E-state index contributed by atoms with van der Waals surface area (Å²) in [6.07, 6.45) is 3.70. The zero-order chi connectivity index (χ0) is 16.4. The number of hydrogen-bond acceptors (Lipinski definition) is 3. The Morgan fingerprint density at radius 2 is 2.17 bits per heavy atom. The highest BCUT2D eigenvalue weighted by atomic mass is 16.5. The smallest absolute Gasteiger partial charge is 0.352 e. The van der Waals surface area contributed by atoms with E-state index < -0.39 is 5.97 Å². The van der Waals surface area contributed by atoms with Gasteiger partial charge in [0.1, 0.15) is 5.69 Å². The van der Waals surface area contributed by atoms with Crippen LogP contribution in [0, 0.1) is 0 Å². The van der Waals surface area contributed by atoms with E-state index >= 15 is 0 Å².